The summed E-state index contributed by atoms with van der Waals surface area (Å²) in [6, 6.07) is 5.80. The van der Waals surface area contributed by atoms with Crippen molar-refractivity contribution in [1.29, 1.82) is 0 Å². The Morgan fingerprint density at radius 1 is 1.40 bits per heavy atom. The fraction of sp³-hybridized carbons (Fsp3) is 0.500. The zero-order valence-corrected chi connectivity index (χ0v) is 14.5. The Morgan fingerprint density at radius 2 is 2.20 bits per heavy atom. The number of rotatable bonds is 4. The standard InChI is InChI=1S/C18H22N4O3/c1-11-4-5-14(24-2)13(8-11)22-10-12(9-15(22)23)16-20-17(21-25-16)18(19)6-3-7-18/h4-5,8,12H,3,6-7,9-10,19H2,1-2H3. The van der Waals surface area contributed by atoms with E-state index in [0.29, 0.717) is 30.4 Å². The summed E-state index contributed by atoms with van der Waals surface area (Å²) >= 11 is 0. The summed E-state index contributed by atoms with van der Waals surface area (Å²) < 4.78 is 10.8. The smallest absolute Gasteiger partial charge is 0.232 e. The summed E-state index contributed by atoms with van der Waals surface area (Å²) in [5.74, 6) is 1.64. The first kappa shape index (κ1) is 16.1. The van der Waals surface area contributed by atoms with Gasteiger partial charge in [-0.15, -0.1) is 0 Å². The number of amides is 1. The summed E-state index contributed by atoms with van der Waals surface area (Å²) in [6.07, 6.45) is 3.18. The molecule has 0 radical (unpaired) electrons. The van der Waals surface area contributed by atoms with Gasteiger partial charge in [-0.2, -0.15) is 4.98 Å². The van der Waals surface area contributed by atoms with Gasteiger partial charge in [0.25, 0.3) is 0 Å². The highest BCUT2D eigenvalue weighted by Gasteiger charge is 2.41. The van der Waals surface area contributed by atoms with Crippen molar-refractivity contribution in [2.45, 2.75) is 44.1 Å². The van der Waals surface area contributed by atoms with Crippen LogP contribution in [0.2, 0.25) is 0 Å². The average molecular weight is 342 g/mol. The molecule has 2 N–H and O–H groups in total. The first-order valence-electron chi connectivity index (χ1n) is 8.58. The molecule has 2 aromatic rings. The Balaban J connectivity index is 1.58. The maximum Gasteiger partial charge on any atom is 0.232 e. The van der Waals surface area contributed by atoms with Crippen LogP contribution in [0.1, 0.15) is 48.9 Å². The molecule has 1 aliphatic heterocycles. The molecule has 25 heavy (non-hydrogen) atoms. The maximum absolute atomic E-state index is 12.6. The first-order valence-corrected chi connectivity index (χ1v) is 8.58. The zero-order valence-electron chi connectivity index (χ0n) is 14.5. The van der Waals surface area contributed by atoms with Crippen LogP contribution in [0.3, 0.4) is 0 Å². The number of nitrogens with zero attached hydrogens (tertiary/aromatic N) is 3. The Kier molecular flexibility index (Phi) is 3.76. The van der Waals surface area contributed by atoms with Crippen LogP contribution in [0.4, 0.5) is 5.69 Å². The molecule has 1 saturated carbocycles. The van der Waals surface area contributed by atoms with Crippen LogP contribution in [-0.4, -0.2) is 29.7 Å². The van der Waals surface area contributed by atoms with Crippen molar-refractivity contribution in [3.63, 3.8) is 0 Å². The quantitative estimate of drug-likeness (QED) is 0.916. The third kappa shape index (κ3) is 2.68. The lowest BCUT2D eigenvalue weighted by molar-refractivity contribution is -0.117. The number of hydrogen-bond acceptors (Lipinski definition) is 6. The summed E-state index contributed by atoms with van der Waals surface area (Å²) in [7, 11) is 1.61. The minimum Gasteiger partial charge on any atom is -0.495 e. The predicted octanol–water partition coefficient (Wildman–Crippen LogP) is 2.25. The van der Waals surface area contributed by atoms with E-state index in [1.54, 1.807) is 12.0 Å². The number of hydrogen-bond donors (Lipinski definition) is 1. The lowest BCUT2D eigenvalue weighted by Crippen LogP contribution is -2.44. The van der Waals surface area contributed by atoms with Crippen molar-refractivity contribution in [3.8, 4) is 5.75 Å². The predicted molar refractivity (Wildman–Crippen MR) is 91.5 cm³/mol. The van der Waals surface area contributed by atoms with Gasteiger partial charge in [-0.05, 0) is 43.9 Å². The van der Waals surface area contributed by atoms with E-state index in [-0.39, 0.29) is 11.8 Å². The summed E-state index contributed by atoms with van der Waals surface area (Å²) in [6.45, 7) is 2.49. The molecule has 0 bridgehead atoms. The molecule has 1 saturated heterocycles. The Morgan fingerprint density at radius 3 is 2.88 bits per heavy atom. The topological polar surface area (TPSA) is 94.5 Å². The van der Waals surface area contributed by atoms with Crippen LogP contribution < -0.4 is 15.4 Å². The largest absolute Gasteiger partial charge is 0.495 e. The van der Waals surface area contributed by atoms with Gasteiger partial charge in [0.2, 0.25) is 11.8 Å². The van der Waals surface area contributed by atoms with E-state index in [0.717, 1.165) is 30.5 Å². The van der Waals surface area contributed by atoms with E-state index in [1.807, 2.05) is 25.1 Å². The normalized spacial score (nSPS) is 22.1. The highest BCUT2D eigenvalue weighted by molar-refractivity contribution is 5.97. The number of carbonyl (C=O) groups excluding carboxylic acids is 1. The summed E-state index contributed by atoms with van der Waals surface area (Å²) in [4.78, 5) is 18.8. The number of ether oxygens (including phenoxy) is 1. The fourth-order valence-corrected chi connectivity index (χ4v) is 3.50. The third-order valence-corrected chi connectivity index (χ3v) is 5.23. The van der Waals surface area contributed by atoms with Crippen molar-refractivity contribution < 1.29 is 14.1 Å². The number of carbonyl (C=O) groups is 1. The van der Waals surface area contributed by atoms with E-state index in [2.05, 4.69) is 10.1 Å². The number of methoxy groups -OCH3 is 1. The van der Waals surface area contributed by atoms with Crippen LogP contribution in [0.25, 0.3) is 0 Å². The van der Waals surface area contributed by atoms with Crippen LogP contribution in [0, 0.1) is 6.92 Å². The summed E-state index contributed by atoms with van der Waals surface area (Å²) in [5, 5.41) is 4.06. The van der Waals surface area contributed by atoms with Gasteiger partial charge in [-0.1, -0.05) is 11.2 Å². The number of nitrogens with two attached hydrogens (primary N) is 1. The van der Waals surface area contributed by atoms with E-state index in [1.165, 1.54) is 0 Å². The van der Waals surface area contributed by atoms with Gasteiger partial charge < -0.3 is 19.9 Å². The lowest BCUT2D eigenvalue weighted by atomic mass is 9.77. The van der Waals surface area contributed by atoms with Crippen LogP contribution in [-0.2, 0) is 10.3 Å². The number of anilines is 1. The summed E-state index contributed by atoms with van der Waals surface area (Å²) in [5.41, 5.74) is 7.66. The average Bonchev–Trinajstić information content (AvgIpc) is 3.19. The molecule has 7 nitrogen and oxygen atoms in total. The van der Waals surface area contributed by atoms with Crippen LogP contribution >= 0.6 is 0 Å². The Labute approximate surface area is 146 Å². The minimum atomic E-state index is -0.455. The monoisotopic (exact) mass is 342 g/mol. The molecule has 1 aromatic carbocycles. The molecular weight excluding hydrogens is 320 g/mol. The second-order valence-electron chi connectivity index (χ2n) is 7.05. The maximum atomic E-state index is 12.6. The molecular formula is C18H22N4O3. The SMILES string of the molecule is COc1ccc(C)cc1N1CC(c2nc(C3(N)CCC3)no2)CC1=O. The van der Waals surface area contributed by atoms with Crippen molar-refractivity contribution in [2.75, 3.05) is 18.6 Å². The molecule has 0 spiro atoms. The highest BCUT2D eigenvalue weighted by Crippen LogP contribution is 2.39. The number of aromatic nitrogens is 2. The van der Waals surface area contributed by atoms with Gasteiger partial charge in [-0.25, -0.2) is 0 Å². The van der Waals surface area contributed by atoms with Gasteiger partial charge in [0, 0.05) is 13.0 Å². The molecule has 132 valence electrons. The second-order valence-corrected chi connectivity index (χ2v) is 7.05. The number of benzene rings is 1. The van der Waals surface area contributed by atoms with E-state index in [4.69, 9.17) is 15.0 Å². The van der Waals surface area contributed by atoms with E-state index >= 15 is 0 Å². The Bertz CT molecular complexity index is 812. The molecule has 2 heterocycles. The van der Waals surface area contributed by atoms with E-state index in [9.17, 15) is 4.79 Å². The van der Waals surface area contributed by atoms with Crippen LogP contribution in [0.15, 0.2) is 22.7 Å². The second kappa shape index (κ2) is 5.84. The molecule has 1 unspecified atom stereocenters. The molecule has 1 amide bonds. The molecule has 2 aliphatic rings. The lowest BCUT2D eigenvalue weighted by Gasteiger charge is -2.34. The van der Waals surface area contributed by atoms with Crippen molar-refractivity contribution in [2.24, 2.45) is 5.73 Å². The molecule has 7 heteroatoms. The van der Waals surface area contributed by atoms with Gasteiger partial charge in [0.15, 0.2) is 5.82 Å². The third-order valence-electron chi connectivity index (χ3n) is 5.23. The molecule has 2 fully saturated rings. The van der Waals surface area contributed by atoms with E-state index < -0.39 is 5.54 Å². The van der Waals surface area contributed by atoms with Crippen molar-refractivity contribution in [3.05, 3.63) is 35.5 Å². The molecule has 1 atom stereocenters. The Hall–Kier alpha value is -2.41. The fourth-order valence-electron chi connectivity index (χ4n) is 3.50. The zero-order chi connectivity index (χ0) is 17.6. The van der Waals surface area contributed by atoms with Gasteiger partial charge >= 0.3 is 0 Å². The molecule has 1 aromatic heterocycles. The minimum absolute atomic E-state index is 0.0276. The van der Waals surface area contributed by atoms with Gasteiger partial charge in [0.1, 0.15) is 5.75 Å². The van der Waals surface area contributed by atoms with Gasteiger partial charge in [-0.3, -0.25) is 4.79 Å². The number of aryl methyl sites for hydroxylation is 1. The first-order chi connectivity index (χ1) is 12.0. The molecule has 4 rings (SSSR count). The van der Waals surface area contributed by atoms with Gasteiger partial charge in [0.05, 0.1) is 24.3 Å². The van der Waals surface area contributed by atoms with Crippen molar-refractivity contribution >= 4 is 11.6 Å². The van der Waals surface area contributed by atoms with Crippen molar-refractivity contribution in [1.82, 2.24) is 10.1 Å². The van der Waals surface area contributed by atoms with Crippen LogP contribution in [0.5, 0.6) is 5.75 Å². The molecule has 1 aliphatic carbocycles. The highest BCUT2D eigenvalue weighted by atomic mass is 16.5.